The van der Waals surface area contributed by atoms with Crippen molar-refractivity contribution in [3.05, 3.63) is 60.2 Å². The summed E-state index contributed by atoms with van der Waals surface area (Å²) in [6.45, 7) is 5.49. The summed E-state index contributed by atoms with van der Waals surface area (Å²) in [6, 6.07) is 18.3. The molecule has 6 nitrogen and oxygen atoms in total. The highest BCUT2D eigenvalue weighted by atomic mass is 32.2. The third-order valence-corrected chi connectivity index (χ3v) is 6.02. The molecule has 0 atom stereocenters. The number of aryl methyl sites for hydroxylation is 1. The molecule has 1 amide bonds. The predicted octanol–water partition coefficient (Wildman–Crippen LogP) is 3.11. The first-order valence-electron chi connectivity index (χ1n) is 9.79. The lowest BCUT2D eigenvalue weighted by Gasteiger charge is -2.32. The molecule has 0 bridgehead atoms. The predicted molar refractivity (Wildman–Crippen MR) is 116 cm³/mol. The topological polar surface area (TPSA) is 54.3 Å². The summed E-state index contributed by atoms with van der Waals surface area (Å²) >= 11 is 1.45. The summed E-state index contributed by atoms with van der Waals surface area (Å²) in [7, 11) is 2.09. The van der Waals surface area contributed by atoms with E-state index in [1.54, 1.807) is 0 Å². The zero-order valence-electron chi connectivity index (χ0n) is 16.8. The van der Waals surface area contributed by atoms with Crippen LogP contribution >= 0.6 is 11.8 Å². The molecule has 29 heavy (non-hydrogen) atoms. The van der Waals surface area contributed by atoms with Gasteiger partial charge >= 0.3 is 0 Å². The standard InChI is InChI=1S/C22H25N5OS/c1-17-7-6-8-18(15-17)21-23-24-22(27(21)19-9-4-3-5-10-19)29-16-20(28)26-13-11-25(2)12-14-26/h3-10,15H,11-14,16H2,1-2H3. The molecule has 1 fully saturated rings. The number of para-hydroxylation sites is 1. The highest BCUT2D eigenvalue weighted by molar-refractivity contribution is 7.99. The van der Waals surface area contributed by atoms with Crippen LogP contribution in [-0.4, -0.2) is 69.5 Å². The molecule has 2 aromatic carbocycles. The molecule has 1 saturated heterocycles. The number of amides is 1. The van der Waals surface area contributed by atoms with Crippen molar-refractivity contribution in [1.82, 2.24) is 24.6 Å². The van der Waals surface area contributed by atoms with Gasteiger partial charge in [-0.3, -0.25) is 9.36 Å². The maximum Gasteiger partial charge on any atom is 0.233 e. The quantitative estimate of drug-likeness (QED) is 0.609. The zero-order chi connectivity index (χ0) is 20.2. The highest BCUT2D eigenvalue weighted by Gasteiger charge is 2.21. The number of carbonyl (C=O) groups is 1. The molecule has 0 saturated carbocycles. The summed E-state index contributed by atoms with van der Waals surface area (Å²) in [5.41, 5.74) is 3.17. The van der Waals surface area contributed by atoms with E-state index in [0.717, 1.165) is 48.4 Å². The SMILES string of the molecule is Cc1cccc(-c2nnc(SCC(=O)N3CCN(C)CC3)n2-c2ccccc2)c1. The molecule has 150 valence electrons. The van der Waals surface area contributed by atoms with Crippen molar-refractivity contribution < 1.29 is 4.79 Å². The number of hydrogen-bond donors (Lipinski definition) is 0. The fourth-order valence-corrected chi connectivity index (χ4v) is 4.27. The van der Waals surface area contributed by atoms with Crippen LogP contribution in [0.3, 0.4) is 0 Å². The Kier molecular flexibility index (Phi) is 5.97. The average Bonchev–Trinajstić information content (AvgIpc) is 3.17. The number of aromatic nitrogens is 3. The monoisotopic (exact) mass is 407 g/mol. The minimum absolute atomic E-state index is 0.155. The summed E-state index contributed by atoms with van der Waals surface area (Å²) in [5, 5.41) is 9.62. The van der Waals surface area contributed by atoms with Gasteiger partial charge in [-0.1, -0.05) is 53.7 Å². The van der Waals surface area contributed by atoms with Gasteiger partial charge in [0.15, 0.2) is 11.0 Å². The number of piperazine rings is 1. The Balaban J connectivity index is 1.59. The fraction of sp³-hybridized carbons (Fsp3) is 0.318. The van der Waals surface area contributed by atoms with Gasteiger partial charge in [0, 0.05) is 37.4 Å². The zero-order valence-corrected chi connectivity index (χ0v) is 17.6. The van der Waals surface area contributed by atoms with E-state index in [9.17, 15) is 4.79 Å². The average molecular weight is 408 g/mol. The van der Waals surface area contributed by atoms with Crippen molar-refractivity contribution in [1.29, 1.82) is 0 Å². The van der Waals surface area contributed by atoms with E-state index in [4.69, 9.17) is 0 Å². The van der Waals surface area contributed by atoms with Gasteiger partial charge in [-0.25, -0.2) is 0 Å². The van der Waals surface area contributed by atoms with Gasteiger partial charge in [0.2, 0.25) is 5.91 Å². The Morgan fingerprint density at radius 2 is 1.76 bits per heavy atom. The Labute approximate surface area is 175 Å². The van der Waals surface area contributed by atoms with Gasteiger partial charge in [0.1, 0.15) is 0 Å². The third kappa shape index (κ3) is 4.52. The Bertz CT molecular complexity index is 980. The van der Waals surface area contributed by atoms with Crippen LogP contribution in [0.25, 0.3) is 17.1 Å². The number of thioether (sulfide) groups is 1. The van der Waals surface area contributed by atoms with E-state index >= 15 is 0 Å². The maximum absolute atomic E-state index is 12.7. The summed E-state index contributed by atoms with van der Waals surface area (Å²) in [4.78, 5) is 16.9. The first-order chi connectivity index (χ1) is 14.1. The van der Waals surface area contributed by atoms with Crippen LogP contribution in [-0.2, 0) is 4.79 Å². The third-order valence-electron chi connectivity index (χ3n) is 5.10. The molecule has 0 spiro atoms. The molecule has 0 unspecified atom stereocenters. The molecule has 0 radical (unpaired) electrons. The minimum atomic E-state index is 0.155. The number of likely N-dealkylation sites (N-methyl/N-ethyl adjacent to an activating group) is 1. The van der Waals surface area contributed by atoms with Crippen LogP contribution in [0.5, 0.6) is 0 Å². The van der Waals surface area contributed by atoms with Crippen molar-refractivity contribution in [3.8, 4) is 17.1 Å². The molecular formula is C22H25N5OS. The van der Waals surface area contributed by atoms with Gasteiger partial charge in [-0.2, -0.15) is 0 Å². The molecule has 2 heterocycles. The van der Waals surface area contributed by atoms with Crippen molar-refractivity contribution >= 4 is 17.7 Å². The first-order valence-corrected chi connectivity index (χ1v) is 10.8. The Morgan fingerprint density at radius 3 is 2.48 bits per heavy atom. The minimum Gasteiger partial charge on any atom is -0.339 e. The van der Waals surface area contributed by atoms with Crippen LogP contribution < -0.4 is 0 Å². The number of hydrogen-bond acceptors (Lipinski definition) is 5. The second-order valence-electron chi connectivity index (χ2n) is 7.32. The van der Waals surface area contributed by atoms with Crippen molar-refractivity contribution in [2.24, 2.45) is 0 Å². The second-order valence-corrected chi connectivity index (χ2v) is 8.26. The molecule has 4 rings (SSSR count). The first kappa shape index (κ1) is 19.7. The van der Waals surface area contributed by atoms with Crippen molar-refractivity contribution in [3.63, 3.8) is 0 Å². The van der Waals surface area contributed by atoms with Crippen LogP contribution in [0.15, 0.2) is 59.8 Å². The number of benzene rings is 2. The van der Waals surface area contributed by atoms with Gasteiger partial charge in [0.05, 0.1) is 5.75 Å². The summed E-state index contributed by atoms with van der Waals surface area (Å²) in [6.07, 6.45) is 0. The molecule has 1 aliphatic rings. The lowest BCUT2D eigenvalue weighted by Crippen LogP contribution is -2.47. The van der Waals surface area contributed by atoms with Gasteiger partial charge < -0.3 is 9.80 Å². The van der Waals surface area contributed by atoms with Crippen LogP contribution in [0.2, 0.25) is 0 Å². The van der Waals surface area contributed by atoms with Crippen molar-refractivity contribution in [2.45, 2.75) is 12.1 Å². The molecule has 0 aliphatic carbocycles. The lowest BCUT2D eigenvalue weighted by atomic mass is 10.1. The fourth-order valence-electron chi connectivity index (χ4n) is 3.42. The molecular weight excluding hydrogens is 382 g/mol. The van der Waals surface area contributed by atoms with E-state index in [1.807, 2.05) is 51.9 Å². The van der Waals surface area contributed by atoms with Gasteiger partial charge in [0.25, 0.3) is 0 Å². The maximum atomic E-state index is 12.7. The largest absolute Gasteiger partial charge is 0.339 e. The van der Waals surface area contributed by atoms with Gasteiger partial charge in [-0.15, -0.1) is 10.2 Å². The van der Waals surface area contributed by atoms with E-state index in [1.165, 1.54) is 17.3 Å². The van der Waals surface area contributed by atoms with E-state index in [0.29, 0.717) is 5.75 Å². The molecule has 1 aromatic heterocycles. The summed E-state index contributed by atoms with van der Waals surface area (Å²) < 4.78 is 2.04. The smallest absolute Gasteiger partial charge is 0.233 e. The molecule has 0 N–H and O–H groups in total. The number of nitrogens with zero attached hydrogens (tertiary/aromatic N) is 5. The lowest BCUT2D eigenvalue weighted by molar-refractivity contribution is -0.129. The molecule has 1 aliphatic heterocycles. The van der Waals surface area contributed by atoms with Crippen LogP contribution in [0.1, 0.15) is 5.56 Å². The van der Waals surface area contributed by atoms with E-state index < -0.39 is 0 Å². The second kappa shape index (κ2) is 8.80. The van der Waals surface area contributed by atoms with Crippen LogP contribution in [0.4, 0.5) is 0 Å². The number of rotatable bonds is 5. The van der Waals surface area contributed by atoms with Crippen LogP contribution in [0, 0.1) is 6.92 Å². The Morgan fingerprint density at radius 1 is 1.00 bits per heavy atom. The van der Waals surface area contributed by atoms with Crippen molar-refractivity contribution in [2.75, 3.05) is 39.0 Å². The van der Waals surface area contributed by atoms with E-state index in [-0.39, 0.29) is 5.91 Å². The highest BCUT2D eigenvalue weighted by Crippen LogP contribution is 2.28. The normalized spacial score (nSPS) is 14.9. The molecule has 3 aromatic rings. The summed E-state index contributed by atoms with van der Waals surface area (Å²) in [5.74, 6) is 1.31. The number of carbonyl (C=O) groups excluding carboxylic acids is 1. The van der Waals surface area contributed by atoms with E-state index in [2.05, 4.69) is 41.2 Å². The van der Waals surface area contributed by atoms with Gasteiger partial charge in [-0.05, 0) is 32.2 Å². The Hall–Kier alpha value is -2.64. The molecule has 7 heteroatoms.